The number of aliphatic carboxylic acids is 2. The number of rotatable bonds is 18. The van der Waals surface area contributed by atoms with Crippen LogP contribution in [0.2, 0.25) is 0 Å². The van der Waals surface area contributed by atoms with E-state index in [-0.39, 0.29) is 19.3 Å². The van der Waals surface area contributed by atoms with Crippen molar-refractivity contribution in [2.24, 2.45) is 5.92 Å². The summed E-state index contributed by atoms with van der Waals surface area (Å²) in [5, 5.41) is 19.3. The van der Waals surface area contributed by atoms with E-state index in [4.69, 9.17) is 0 Å². The van der Waals surface area contributed by atoms with Crippen LogP contribution in [-0.2, 0) is 19.7 Å². The van der Waals surface area contributed by atoms with Crippen LogP contribution in [0.25, 0.3) is 0 Å². The summed E-state index contributed by atoms with van der Waals surface area (Å²) in [6.07, 6.45) is 9.43. The molecular weight excluding hydrogens is 384 g/mol. The first kappa shape index (κ1) is 26.9. The Kier molecular flexibility index (Phi) is 13.4. The van der Waals surface area contributed by atoms with Crippen LogP contribution in [-0.4, -0.2) is 39.9 Å². The number of carboxylic acids is 2. The lowest BCUT2D eigenvalue weighted by Gasteiger charge is -2.32. The van der Waals surface area contributed by atoms with Crippen LogP contribution in [0.3, 0.4) is 0 Å². The molecule has 0 aromatic rings. The summed E-state index contributed by atoms with van der Waals surface area (Å²) in [6, 6.07) is 0. The van der Waals surface area contributed by atoms with E-state index in [0.29, 0.717) is 19.3 Å². The van der Waals surface area contributed by atoms with Crippen molar-refractivity contribution in [1.29, 1.82) is 0 Å². The summed E-state index contributed by atoms with van der Waals surface area (Å²) in [7, 11) is -5.10. The average molecular weight is 423 g/mol. The highest BCUT2D eigenvalue weighted by Gasteiger charge is 2.58. The Balaban J connectivity index is 5.24. The van der Waals surface area contributed by atoms with Gasteiger partial charge in [-0.2, -0.15) is 8.42 Å². The molecule has 0 aromatic carbocycles. The minimum absolute atomic E-state index is 0.0800. The third-order valence-corrected chi connectivity index (χ3v) is 7.02. The SMILES string of the molecule is CCCCCCCCC(C(=O)O)C(CCCCCCCC)(C(=O)O)S(=O)(=O)O. The minimum Gasteiger partial charge on any atom is -0.481 e. The van der Waals surface area contributed by atoms with Crippen molar-refractivity contribution in [2.45, 2.75) is 108 Å². The Morgan fingerprint density at radius 3 is 1.61 bits per heavy atom. The Morgan fingerprint density at radius 1 is 0.786 bits per heavy atom. The largest absolute Gasteiger partial charge is 0.481 e. The first-order chi connectivity index (χ1) is 13.1. The van der Waals surface area contributed by atoms with Gasteiger partial charge in [0, 0.05) is 0 Å². The molecule has 0 radical (unpaired) electrons. The quantitative estimate of drug-likeness (QED) is 0.212. The second-order valence-electron chi connectivity index (χ2n) is 7.63. The third-order valence-electron chi connectivity index (χ3n) is 5.43. The fourth-order valence-corrected chi connectivity index (χ4v) is 4.90. The highest BCUT2D eigenvalue weighted by Crippen LogP contribution is 2.36. The molecule has 166 valence electrons. The number of unbranched alkanes of at least 4 members (excludes halogenated alkanes) is 10. The summed E-state index contributed by atoms with van der Waals surface area (Å²) in [6.45, 7) is 4.14. The van der Waals surface area contributed by atoms with Gasteiger partial charge in [0.2, 0.25) is 4.75 Å². The van der Waals surface area contributed by atoms with Crippen LogP contribution in [0, 0.1) is 5.92 Å². The lowest BCUT2D eigenvalue weighted by Crippen LogP contribution is -2.55. The molecule has 2 unspecified atom stereocenters. The van der Waals surface area contributed by atoms with Crippen molar-refractivity contribution in [3.63, 3.8) is 0 Å². The molecule has 0 amide bonds. The van der Waals surface area contributed by atoms with Gasteiger partial charge >= 0.3 is 11.9 Å². The smallest absolute Gasteiger partial charge is 0.328 e. The van der Waals surface area contributed by atoms with Crippen molar-refractivity contribution < 1.29 is 32.8 Å². The normalized spacial score (nSPS) is 15.1. The van der Waals surface area contributed by atoms with E-state index in [1.54, 1.807) is 0 Å². The number of carbonyl (C=O) groups is 2. The van der Waals surface area contributed by atoms with E-state index in [1.807, 2.05) is 0 Å². The van der Waals surface area contributed by atoms with Crippen molar-refractivity contribution in [2.75, 3.05) is 0 Å². The first-order valence-electron chi connectivity index (χ1n) is 10.6. The Morgan fingerprint density at radius 2 is 1.21 bits per heavy atom. The van der Waals surface area contributed by atoms with Crippen molar-refractivity contribution >= 4 is 22.1 Å². The molecule has 0 saturated heterocycles. The van der Waals surface area contributed by atoms with E-state index in [9.17, 15) is 32.8 Å². The van der Waals surface area contributed by atoms with Gasteiger partial charge in [-0.05, 0) is 12.8 Å². The first-order valence-corrected chi connectivity index (χ1v) is 12.0. The molecule has 0 rings (SSSR count). The second-order valence-corrected chi connectivity index (χ2v) is 9.31. The number of carboxylic acid groups (broad SMARTS) is 2. The number of hydrogen-bond donors (Lipinski definition) is 3. The van der Waals surface area contributed by atoms with E-state index in [0.717, 1.165) is 51.4 Å². The van der Waals surface area contributed by atoms with Crippen LogP contribution >= 0.6 is 0 Å². The molecule has 2 atom stereocenters. The van der Waals surface area contributed by atoms with Crippen LogP contribution in [0.15, 0.2) is 0 Å². The van der Waals surface area contributed by atoms with Gasteiger partial charge in [-0.1, -0.05) is 90.9 Å². The minimum atomic E-state index is -5.10. The predicted octanol–water partition coefficient (Wildman–Crippen LogP) is 4.90. The zero-order valence-electron chi connectivity index (χ0n) is 17.4. The molecular formula is C20H38O7S. The zero-order valence-corrected chi connectivity index (χ0v) is 18.2. The van der Waals surface area contributed by atoms with Crippen molar-refractivity contribution in [3.05, 3.63) is 0 Å². The monoisotopic (exact) mass is 422 g/mol. The van der Waals surface area contributed by atoms with Crippen LogP contribution in [0.4, 0.5) is 0 Å². The maximum absolute atomic E-state index is 12.1. The van der Waals surface area contributed by atoms with Gasteiger partial charge in [0.1, 0.15) is 0 Å². The Bertz CT molecular complexity index is 559. The molecule has 8 heteroatoms. The van der Waals surface area contributed by atoms with Gasteiger partial charge in [-0.3, -0.25) is 14.1 Å². The highest BCUT2D eigenvalue weighted by atomic mass is 32.2. The lowest BCUT2D eigenvalue weighted by atomic mass is 9.82. The molecule has 0 fully saturated rings. The molecule has 3 N–H and O–H groups in total. The fraction of sp³-hybridized carbons (Fsp3) is 0.900. The maximum atomic E-state index is 12.1. The molecule has 0 aliphatic carbocycles. The van der Waals surface area contributed by atoms with E-state index in [2.05, 4.69) is 13.8 Å². The van der Waals surface area contributed by atoms with Crippen molar-refractivity contribution in [1.82, 2.24) is 0 Å². The Labute approximate surface area is 169 Å². The molecule has 0 spiro atoms. The highest BCUT2D eigenvalue weighted by molar-refractivity contribution is 7.88. The molecule has 0 aliphatic rings. The average Bonchev–Trinajstić information content (AvgIpc) is 2.60. The van der Waals surface area contributed by atoms with Crippen LogP contribution < -0.4 is 0 Å². The van der Waals surface area contributed by atoms with E-state index >= 15 is 0 Å². The summed E-state index contributed by atoms with van der Waals surface area (Å²) in [4.78, 5) is 23.8. The summed E-state index contributed by atoms with van der Waals surface area (Å²) in [5.74, 6) is -4.93. The molecule has 28 heavy (non-hydrogen) atoms. The molecule has 0 bridgehead atoms. The summed E-state index contributed by atoms with van der Waals surface area (Å²) < 4.78 is 31.3. The predicted molar refractivity (Wildman–Crippen MR) is 109 cm³/mol. The topological polar surface area (TPSA) is 129 Å². The Hall–Kier alpha value is -1.15. The maximum Gasteiger partial charge on any atom is 0.328 e. The molecule has 0 saturated carbocycles. The van der Waals surface area contributed by atoms with E-state index in [1.165, 1.54) is 0 Å². The standard InChI is InChI=1S/C20H38O7S/c1-3-5-7-9-11-13-15-17(18(21)22)20(19(23)24,28(25,26)27)16-14-12-10-8-6-4-2/h17H,3-16H2,1-2H3,(H,21,22)(H,23,24)(H,25,26,27). The fourth-order valence-electron chi connectivity index (χ4n) is 3.70. The van der Waals surface area contributed by atoms with E-state index < -0.39 is 32.7 Å². The van der Waals surface area contributed by atoms with Gasteiger partial charge < -0.3 is 10.2 Å². The van der Waals surface area contributed by atoms with Gasteiger partial charge in [0.25, 0.3) is 10.1 Å². The van der Waals surface area contributed by atoms with Gasteiger partial charge in [0.05, 0.1) is 5.92 Å². The third kappa shape index (κ3) is 8.47. The lowest BCUT2D eigenvalue weighted by molar-refractivity contribution is -0.152. The summed E-state index contributed by atoms with van der Waals surface area (Å²) >= 11 is 0. The van der Waals surface area contributed by atoms with Crippen molar-refractivity contribution in [3.8, 4) is 0 Å². The second kappa shape index (κ2) is 13.9. The summed E-state index contributed by atoms with van der Waals surface area (Å²) in [5.41, 5.74) is 0. The van der Waals surface area contributed by atoms with Crippen LogP contribution in [0.5, 0.6) is 0 Å². The van der Waals surface area contributed by atoms with Crippen LogP contribution in [0.1, 0.15) is 104 Å². The van der Waals surface area contributed by atoms with Gasteiger partial charge in [-0.25, -0.2) is 0 Å². The molecule has 7 nitrogen and oxygen atoms in total. The molecule has 0 aromatic heterocycles. The van der Waals surface area contributed by atoms with Gasteiger partial charge in [-0.15, -0.1) is 0 Å². The molecule has 0 aliphatic heterocycles. The van der Waals surface area contributed by atoms with Gasteiger partial charge in [0.15, 0.2) is 0 Å². The zero-order chi connectivity index (χ0) is 21.6. The molecule has 0 heterocycles. The number of hydrogen-bond acceptors (Lipinski definition) is 4.